The minimum absolute atomic E-state index is 0.256. The van der Waals surface area contributed by atoms with Gasteiger partial charge >= 0.3 is 0 Å². The minimum Gasteiger partial charge on any atom is -0.391 e. The number of nitrogens with zero attached hydrogens (tertiary/aromatic N) is 2. The van der Waals surface area contributed by atoms with Crippen LogP contribution in [0.1, 0.15) is 12.2 Å². The van der Waals surface area contributed by atoms with Crippen molar-refractivity contribution in [3.05, 3.63) is 42.1 Å². The molecule has 0 saturated carbocycles. The van der Waals surface area contributed by atoms with Crippen LogP contribution in [0.3, 0.4) is 0 Å². The van der Waals surface area contributed by atoms with Crippen LogP contribution in [-0.2, 0) is 13.0 Å². The van der Waals surface area contributed by atoms with Crippen molar-refractivity contribution in [3.63, 3.8) is 0 Å². The summed E-state index contributed by atoms with van der Waals surface area (Å²) in [5.41, 5.74) is 1.55. The zero-order valence-electron chi connectivity index (χ0n) is 9.31. The number of hydrogen-bond donors (Lipinski definition) is 1. The predicted molar refractivity (Wildman–Crippen MR) is 61.9 cm³/mol. The van der Waals surface area contributed by atoms with E-state index in [1.807, 2.05) is 16.8 Å². The van der Waals surface area contributed by atoms with E-state index >= 15 is 0 Å². The number of aliphatic hydroxyl groups is 1. The van der Waals surface area contributed by atoms with Crippen molar-refractivity contribution in [2.45, 2.75) is 25.5 Å². The zero-order chi connectivity index (χ0) is 11.8. The van der Waals surface area contributed by atoms with E-state index in [9.17, 15) is 9.50 Å². The average Bonchev–Trinajstić information content (AvgIpc) is 2.72. The Hall–Kier alpha value is -1.68. The van der Waals surface area contributed by atoms with Gasteiger partial charge in [-0.2, -0.15) is 0 Å². The summed E-state index contributed by atoms with van der Waals surface area (Å²) >= 11 is 0. The topological polar surface area (TPSA) is 38.1 Å². The second-order valence-corrected chi connectivity index (χ2v) is 4.40. The minimum atomic E-state index is -0.294. The summed E-state index contributed by atoms with van der Waals surface area (Å²) in [6.45, 7) is 0.581. The molecule has 0 amide bonds. The molecular formula is C13H13FN2O. The Morgan fingerprint density at radius 2 is 2.29 bits per heavy atom. The van der Waals surface area contributed by atoms with Crippen molar-refractivity contribution < 1.29 is 9.50 Å². The van der Waals surface area contributed by atoms with Crippen molar-refractivity contribution in [2.75, 3.05) is 0 Å². The summed E-state index contributed by atoms with van der Waals surface area (Å²) < 4.78 is 15.1. The molecule has 17 heavy (non-hydrogen) atoms. The molecule has 1 unspecified atom stereocenters. The molecule has 0 saturated heterocycles. The molecule has 1 atom stereocenters. The number of aromatic nitrogens is 2. The van der Waals surface area contributed by atoms with E-state index in [2.05, 4.69) is 4.98 Å². The summed E-state index contributed by atoms with van der Waals surface area (Å²) in [5.74, 6) is 0.711. The highest BCUT2D eigenvalue weighted by molar-refractivity contribution is 5.58. The molecule has 0 spiro atoms. The number of fused-ring (bicyclic) bond motifs is 1. The lowest BCUT2D eigenvalue weighted by molar-refractivity contribution is 0.130. The lowest BCUT2D eigenvalue weighted by Crippen LogP contribution is -2.23. The highest BCUT2D eigenvalue weighted by atomic mass is 19.1. The Balaban J connectivity index is 2.00. The normalized spacial score (nSPS) is 19.1. The first kappa shape index (κ1) is 10.5. The first-order valence-corrected chi connectivity index (χ1v) is 5.72. The molecule has 1 aliphatic heterocycles. The van der Waals surface area contributed by atoms with E-state index in [1.54, 1.807) is 6.07 Å². The van der Waals surface area contributed by atoms with Gasteiger partial charge in [-0.25, -0.2) is 9.37 Å². The number of aryl methyl sites for hydroxylation is 1. The molecule has 1 aliphatic rings. The van der Waals surface area contributed by atoms with Crippen LogP contribution in [0.5, 0.6) is 0 Å². The number of aliphatic hydroxyl groups excluding tert-OH is 1. The van der Waals surface area contributed by atoms with Gasteiger partial charge in [-0.15, -0.1) is 0 Å². The summed E-state index contributed by atoms with van der Waals surface area (Å²) in [4.78, 5) is 4.48. The quantitative estimate of drug-likeness (QED) is 0.816. The molecule has 88 valence electrons. The Morgan fingerprint density at radius 1 is 1.41 bits per heavy atom. The lowest BCUT2D eigenvalue weighted by Gasteiger charge is -2.18. The molecule has 1 N–H and O–H groups in total. The Morgan fingerprint density at radius 3 is 3.12 bits per heavy atom. The zero-order valence-corrected chi connectivity index (χ0v) is 9.31. The fraction of sp³-hybridized carbons (Fsp3) is 0.308. The maximum atomic E-state index is 13.1. The van der Waals surface area contributed by atoms with Crippen LogP contribution < -0.4 is 0 Å². The number of benzene rings is 1. The maximum absolute atomic E-state index is 13.1. The third-order valence-corrected chi connectivity index (χ3v) is 3.09. The average molecular weight is 232 g/mol. The Kier molecular flexibility index (Phi) is 2.44. The van der Waals surface area contributed by atoms with Crippen LogP contribution in [-0.4, -0.2) is 20.8 Å². The van der Waals surface area contributed by atoms with Crippen molar-refractivity contribution in [3.8, 4) is 11.3 Å². The van der Waals surface area contributed by atoms with Gasteiger partial charge in [0.1, 0.15) is 11.6 Å². The van der Waals surface area contributed by atoms with Crippen molar-refractivity contribution in [2.24, 2.45) is 0 Å². The van der Waals surface area contributed by atoms with E-state index in [-0.39, 0.29) is 11.9 Å². The summed E-state index contributed by atoms with van der Waals surface area (Å²) in [6, 6.07) is 6.42. The van der Waals surface area contributed by atoms with E-state index in [1.165, 1.54) is 12.1 Å². The SMILES string of the molecule is OC1CCc2nc(-c3cccc(F)c3)cn2C1. The summed E-state index contributed by atoms with van der Waals surface area (Å²) in [5, 5.41) is 9.57. The third-order valence-electron chi connectivity index (χ3n) is 3.09. The Labute approximate surface area is 98.5 Å². The molecule has 0 fully saturated rings. The van der Waals surface area contributed by atoms with Gasteiger partial charge in [0.25, 0.3) is 0 Å². The smallest absolute Gasteiger partial charge is 0.123 e. The molecule has 1 aromatic carbocycles. The van der Waals surface area contributed by atoms with Gasteiger partial charge in [-0.1, -0.05) is 12.1 Å². The van der Waals surface area contributed by atoms with Crippen LogP contribution in [0.2, 0.25) is 0 Å². The number of imidazole rings is 1. The summed E-state index contributed by atoms with van der Waals surface area (Å²) in [7, 11) is 0. The Bertz CT molecular complexity index is 550. The second kappa shape index (κ2) is 3.96. The molecule has 0 bridgehead atoms. The molecule has 2 aromatic rings. The van der Waals surface area contributed by atoms with Crippen molar-refractivity contribution in [1.29, 1.82) is 0 Å². The first-order chi connectivity index (χ1) is 8.22. The van der Waals surface area contributed by atoms with Crippen LogP contribution in [0.4, 0.5) is 4.39 Å². The third kappa shape index (κ3) is 1.96. The maximum Gasteiger partial charge on any atom is 0.123 e. The van der Waals surface area contributed by atoms with E-state index < -0.39 is 0 Å². The van der Waals surface area contributed by atoms with E-state index in [4.69, 9.17) is 0 Å². The lowest BCUT2D eigenvalue weighted by atomic mass is 10.1. The van der Waals surface area contributed by atoms with Crippen LogP contribution in [0.25, 0.3) is 11.3 Å². The number of rotatable bonds is 1. The van der Waals surface area contributed by atoms with E-state index in [0.717, 1.165) is 29.9 Å². The molecule has 2 heterocycles. The van der Waals surface area contributed by atoms with Gasteiger partial charge < -0.3 is 9.67 Å². The van der Waals surface area contributed by atoms with Gasteiger partial charge in [0, 0.05) is 24.7 Å². The van der Waals surface area contributed by atoms with E-state index in [0.29, 0.717) is 6.54 Å². The highest BCUT2D eigenvalue weighted by Crippen LogP contribution is 2.23. The van der Waals surface area contributed by atoms with Gasteiger partial charge in [-0.05, 0) is 18.6 Å². The molecule has 4 heteroatoms. The molecule has 0 aliphatic carbocycles. The van der Waals surface area contributed by atoms with Crippen molar-refractivity contribution >= 4 is 0 Å². The molecular weight excluding hydrogens is 219 g/mol. The van der Waals surface area contributed by atoms with Crippen LogP contribution in [0.15, 0.2) is 30.5 Å². The molecule has 1 aromatic heterocycles. The number of halogens is 1. The largest absolute Gasteiger partial charge is 0.391 e. The molecule has 0 radical (unpaired) electrons. The highest BCUT2D eigenvalue weighted by Gasteiger charge is 2.18. The molecule has 3 nitrogen and oxygen atoms in total. The standard InChI is InChI=1S/C13H13FN2O/c14-10-3-1-2-9(6-10)12-8-16-7-11(17)4-5-13(16)15-12/h1-3,6,8,11,17H,4-5,7H2. The fourth-order valence-electron chi connectivity index (χ4n) is 2.21. The molecule has 3 rings (SSSR count). The first-order valence-electron chi connectivity index (χ1n) is 5.72. The predicted octanol–water partition coefficient (Wildman–Crippen LogP) is 2.00. The van der Waals surface area contributed by atoms with Crippen LogP contribution in [0, 0.1) is 5.82 Å². The van der Waals surface area contributed by atoms with Gasteiger partial charge in [0.15, 0.2) is 0 Å². The second-order valence-electron chi connectivity index (χ2n) is 4.40. The van der Waals surface area contributed by atoms with Gasteiger partial charge in [0.05, 0.1) is 11.8 Å². The van der Waals surface area contributed by atoms with Crippen molar-refractivity contribution in [1.82, 2.24) is 9.55 Å². The monoisotopic (exact) mass is 232 g/mol. The van der Waals surface area contributed by atoms with Crippen LogP contribution >= 0.6 is 0 Å². The van der Waals surface area contributed by atoms with Gasteiger partial charge in [0.2, 0.25) is 0 Å². The number of hydrogen-bond acceptors (Lipinski definition) is 2. The summed E-state index contributed by atoms with van der Waals surface area (Å²) in [6.07, 6.45) is 3.11. The fourth-order valence-corrected chi connectivity index (χ4v) is 2.21. The van der Waals surface area contributed by atoms with Gasteiger partial charge in [-0.3, -0.25) is 0 Å².